The number of aryl methyl sites for hydroxylation is 3. The summed E-state index contributed by atoms with van der Waals surface area (Å²) < 4.78 is 36.5. The number of methoxy groups -OCH3 is 1. The molecular formula is C21H19F2N3OS. The highest BCUT2D eigenvalue weighted by Crippen LogP contribution is 2.38. The molecule has 0 aliphatic heterocycles. The van der Waals surface area contributed by atoms with Gasteiger partial charge in [0.1, 0.15) is 28.9 Å². The van der Waals surface area contributed by atoms with Gasteiger partial charge in [-0.1, -0.05) is 18.2 Å². The third-order valence-electron chi connectivity index (χ3n) is 4.75. The molecular weight excluding hydrogens is 380 g/mol. The molecule has 0 saturated heterocycles. The molecule has 1 N–H and O–H groups in total. The summed E-state index contributed by atoms with van der Waals surface area (Å²) in [5.41, 5.74) is 3.95. The molecule has 0 saturated carbocycles. The minimum absolute atomic E-state index is 0.125. The van der Waals surface area contributed by atoms with Crippen molar-refractivity contribution in [3.05, 3.63) is 64.2 Å². The fourth-order valence-corrected chi connectivity index (χ4v) is 4.18. The second kappa shape index (κ2) is 6.91. The molecule has 7 heteroatoms. The highest BCUT2D eigenvalue weighted by atomic mass is 32.1. The van der Waals surface area contributed by atoms with Crippen molar-refractivity contribution in [1.29, 1.82) is 0 Å². The Morgan fingerprint density at radius 3 is 2.32 bits per heavy atom. The molecule has 4 nitrogen and oxygen atoms in total. The molecule has 2 aromatic carbocycles. The molecule has 2 heterocycles. The van der Waals surface area contributed by atoms with Crippen LogP contribution in [0.2, 0.25) is 0 Å². The van der Waals surface area contributed by atoms with Crippen molar-refractivity contribution >= 4 is 27.8 Å². The van der Waals surface area contributed by atoms with Crippen molar-refractivity contribution in [3.8, 4) is 17.0 Å². The Morgan fingerprint density at radius 1 is 1.07 bits per heavy atom. The number of anilines is 2. The van der Waals surface area contributed by atoms with Crippen LogP contribution in [-0.2, 0) is 0 Å². The maximum Gasteiger partial charge on any atom is 0.196 e. The van der Waals surface area contributed by atoms with Crippen molar-refractivity contribution in [3.63, 3.8) is 0 Å². The summed E-state index contributed by atoms with van der Waals surface area (Å²) in [5, 5.41) is 5.34. The maximum absolute atomic E-state index is 14.8. The Kier molecular flexibility index (Phi) is 4.55. The van der Waals surface area contributed by atoms with Crippen LogP contribution in [0, 0.1) is 32.4 Å². The molecule has 2 aromatic heterocycles. The van der Waals surface area contributed by atoms with Crippen LogP contribution in [0.4, 0.5) is 20.3 Å². The maximum atomic E-state index is 14.8. The van der Waals surface area contributed by atoms with Crippen molar-refractivity contribution in [2.75, 3.05) is 12.4 Å². The van der Waals surface area contributed by atoms with E-state index in [4.69, 9.17) is 4.74 Å². The number of rotatable bonds is 4. The number of fused-ring (bicyclic) bond motifs is 1. The van der Waals surface area contributed by atoms with E-state index in [9.17, 15) is 8.78 Å². The van der Waals surface area contributed by atoms with Crippen LogP contribution >= 0.6 is 11.3 Å². The number of nitrogens with zero attached hydrogens (tertiary/aromatic N) is 2. The number of thiazole rings is 1. The van der Waals surface area contributed by atoms with Crippen LogP contribution in [0.3, 0.4) is 0 Å². The van der Waals surface area contributed by atoms with Crippen LogP contribution < -0.4 is 10.1 Å². The summed E-state index contributed by atoms with van der Waals surface area (Å²) in [4.78, 5) is 5.20. The summed E-state index contributed by atoms with van der Waals surface area (Å²) in [6.45, 7) is 5.91. The van der Waals surface area contributed by atoms with Gasteiger partial charge in [0.05, 0.1) is 12.7 Å². The van der Waals surface area contributed by atoms with Gasteiger partial charge in [0.2, 0.25) is 0 Å². The molecule has 4 rings (SSSR count). The van der Waals surface area contributed by atoms with Gasteiger partial charge in [-0.15, -0.1) is 11.3 Å². The lowest BCUT2D eigenvalue weighted by atomic mass is 10.1. The van der Waals surface area contributed by atoms with E-state index in [0.29, 0.717) is 10.8 Å². The van der Waals surface area contributed by atoms with E-state index >= 15 is 0 Å². The molecule has 0 unspecified atom stereocenters. The predicted molar refractivity (Wildman–Crippen MR) is 109 cm³/mol. The lowest BCUT2D eigenvalue weighted by Crippen LogP contribution is -2.02. The first-order valence-corrected chi connectivity index (χ1v) is 9.62. The average molecular weight is 399 g/mol. The summed E-state index contributed by atoms with van der Waals surface area (Å²) in [7, 11) is 1.37. The molecule has 0 radical (unpaired) electrons. The van der Waals surface area contributed by atoms with E-state index in [1.54, 1.807) is 0 Å². The van der Waals surface area contributed by atoms with Gasteiger partial charge in [0.15, 0.2) is 4.96 Å². The van der Waals surface area contributed by atoms with Gasteiger partial charge >= 0.3 is 0 Å². The number of para-hydroxylation sites is 1. The first kappa shape index (κ1) is 18.4. The highest BCUT2D eigenvalue weighted by Gasteiger charge is 2.24. The number of aromatic nitrogens is 2. The number of nitrogens with one attached hydrogen (secondary N) is 1. The molecule has 0 bridgehead atoms. The average Bonchev–Trinajstić information content (AvgIpc) is 3.18. The lowest BCUT2D eigenvalue weighted by Gasteiger charge is -2.15. The van der Waals surface area contributed by atoms with Crippen LogP contribution in [0.15, 0.2) is 35.7 Å². The van der Waals surface area contributed by atoms with E-state index in [1.807, 2.05) is 48.8 Å². The Bertz CT molecular complexity index is 1150. The molecule has 0 aliphatic rings. The van der Waals surface area contributed by atoms with Gasteiger partial charge in [-0.2, -0.15) is 0 Å². The van der Waals surface area contributed by atoms with Gasteiger partial charge in [-0.05, 0) is 31.9 Å². The number of hydrogen-bond donors (Lipinski definition) is 1. The van der Waals surface area contributed by atoms with Crippen molar-refractivity contribution in [2.24, 2.45) is 0 Å². The highest BCUT2D eigenvalue weighted by molar-refractivity contribution is 7.15. The predicted octanol–water partition coefficient (Wildman–Crippen LogP) is 6.02. The van der Waals surface area contributed by atoms with E-state index in [-0.39, 0.29) is 17.0 Å². The van der Waals surface area contributed by atoms with Gasteiger partial charge in [0.25, 0.3) is 0 Å². The number of halogens is 2. The van der Waals surface area contributed by atoms with E-state index < -0.39 is 11.6 Å². The van der Waals surface area contributed by atoms with Gasteiger partial charge in [0, 0.05) is 28.9 Å². The summed E-state index contributed by atoms with van der Waals surface area (Å²) in [5.74, 6) is -0.774. The second-order valence-electron chi connectivity index (χ2n) is 6.66. The van der Waals surface area contributed by atoms with E-state index in [0.717, 1.165) is 22.5 Å². The van der Waals surface area contributed by atoms with E-state index in [2.05, 4.69) is 10.3 Å². The Hall–Kier alpha value is -2.93. The minimum atomic E-state index is -0.718. The molecule has 4 aromatic rings. The fraction of sp³-hybridized carbons (Fsp3) is 0.190. The fourth-order valence-electron chi connectivity index (χ4n) is 3.31. The number of benzene rings is 2. The van der Waals surface area contributed by atoms with Gasteiger partial charge in [-0.25, -0.2) is 13.8 Å². The molecule has 0 atom stereocenters. The molecule has 144 valence electrons. The first-order chi connectivity index (χ1) is 13.4. The first-order valence-electron chi connectivity index (χ1n) is 8.74. The van der Waals surface area contributed by atoms with Crippen molar-refractivity contribution in [2.45, 2.75) is 20.8 Å². The summed E-state index contributed by atoms with van der Waals surface area (Å²) in [6, 6.07) is 8.29. The molecule has 0 aliphatic carbocycles. The summed E-state index contributed by atoms with van der Waals surface area (Å²) in [6.07, 6.45) is 0. The number of hydrogen-bond acceptors (Lipinski definition) is 4. The topological polar surface area (TPSA) is 38.6 Å². The number of ether oxygens (including phenoxy) is 1. The van der Waals surface area contributed by atoms with Crippen molar-refractivity contribution in [1.82, 2.24) is 9.38 Å². The Morgan fingerprint density at radius 2 is 1.71 bits per heavy atom. The minimum Gasteiger partial charge on any atom is -0.497 e. The zero-order valence-electron chi connectivity index (χ0n) is 15.9. The molecule has 0 fully saturated rings. The monoisotopic (exact) mass is 399 g/mol. The third-order valence-corrected chi connectivity index (χ3v) is 5.69. The third kappa shape index (κ3) is 2.92. The van der Waals surface area contributed by atoms with E-state index in [1.165, 1.54) is 30.6 Å². The van der Waals surface area contributed by atoms with Crippen LogP contribution in [0.25, 0.3) is 16.2 Å². The van der Waals surface area contributed by atoms with Gasteiger partial charge in [-0.3, -0.25) is 4.40 Å². The smallest absolute Gasteiger partial charge is 0.196 e. The van der Waals surface area contributed by atoms with Crippen LogP contribution in [0.1, 0.15) is 16.8 Å². The SMILES string of the molecule is COc1cc(F)c(-c2nc3scc(C)n3c2Nc2c(C)cccc2C)c(F)c1. The Balaban J connectivity index is 1.98. The van der Waals surface area contributed by atoms with Crippen LogP contribution in [-0.4, -0.2) is 16.5 Å². The second-order valence-corrected chi connectivity index (χ2v) is 7.50. The van der Waals surface area contributed by atoms with Crippen LogP contribution in [0.5, 0.6) is 5.75 Å². The standard InChI is InChI=1S/C21H19F2N3OS/c1-11-6-5-7-12(2)18(11)24-20-19(25-21-26(20)13(3)10-28-21)17-15(22)8-14(27-4)9-16(17)23/h5-10,24H,1-4H3. The van der Waals surface area contributed by atoms with Crippen molar-refractivity contribution < 1.29 is 13.5 Å². The zero-order valence-corrected chi connectivity index (χ0v) is 16.7. The Labute approximate surface area is 165 Å². The molecule has 0 amide bonds. The molecule has 0 spiro atoms. The molecule has 28 heavy (non-hydrogen) atoms. The lowest BCUT2D eigenvalue weighted by molar-refractivity contribution is 0.407. The normalized spacial score (nSPS) is 11.2. The quantitative estimate of drug-likeness (QED) is 0.456. The largest absolute Gasteiger partial charge is 0.497 e. The number of imidazole rings is 1. The summed E-state index contributed by atoms with van der Waals surface area (Å²) >= 11 is 1.42. The zero-order chi connectivity index (χ0) is 20.0. The van der Waals surface area contributed by atoms with Gasteiger partial charge < -0.3 is 10.1 Å².